The zero-order valence-electron chi connectivity index (χ0n) is 7.40. The van der Waals surface area contributed by atoms with Crippen LogP contribution in [0, 0.1) is 0 Å². The number of hydrogen-bond donors (Lipinski definition) is 2. The molecule has 0 unspecified atom stereocenters. The predicted molar refractivity (Wildman–Crippen MR) is 55.0 cm³/mol. The molecule has 0 amide bonds. The largest absolute Gasteiger partial charge is 0.478 e. The van der Waals surface area contributed by atoms with Gasteiger partial charge in [-0.3, -0.25) is 0 Å². The first kappa shape index (κ1) is 8.56. The van der Waals surface area contributed by atoms with Crippen LogP contribution in [0.2, 0.25) is 0 Å². The molecule has 1 aromatic carbocycles. The third-order valence-corrected chi connectivity index (χ3v) is 2.00. The summed E-state index contributed by atoms with van der Waals surface area (Å²) >= 11 is 0. The molecule has 0 radical (unpaired) electrons. The van der Waals surface area contributed by atoms with Crippen molar-refractivity contribution in [3.63, 3.8) is 0 Å². The number of H-pyrrole nitrogens is 1. The lowest BCUT2D eigenvalue weighted by Crippen LogP contribution is -1.85. The van der Waals surface area contributed by atoms with Gasteiger partial charge in [-0.15, -0.1) is 0 Å². The minimum Gasteiger partial charge on any atom is -0.478 e. The number of carboxylic acids is 1. The van der Waals surface area contributed by atoms with E-state index in [9.17, 15) is 4.79 Å². The number of carboxylic acid groups (broad SMARTS) is 1. The molecule has 14 heavy (non-hydrogen) atoms. The fourth-order valence-electron chi connectivity index (χ4n) is 1.34. The Morgan fingerprint density at radius 2 is 2.21 bits per heavy atom. The van der Waals surface area contributed by atoms with Gasteiger partial charge in [-0.25, -0.2) is 4.79 Å². The van der Waals surface area contributed by atoms with E-state index in [1.54, 1.807) is 6.08 Å². The summed E-state index contributed by atoms with van der Waals surface area (Å²) in [5, 5.41) is 9.54. The minimum absolute atomic E-state index is 0.888. The lowest BCUT2D eigenvalue weighted by atomic mass is 10.1. The monoisotopic (exact) mass is 187 g/mol. The van der Waals surface area contributed by atoms with Gasteiger partial charge >= 0.3 is 5.97 Å². The van der Waals surface area contributed by atoms with Crippen LogP contribution >= 0.6 is 0 Å². The zero-order chi connectivity index (χ0) is 9.97. The van der Waals surface area contributed by atoms with E-state index < -0.39 is 5.97 Å². The van der Waals surface area contributed by atoms with Crippen LogP contribution < -0.4 is 0 Å². The van der Waals surface area contributed by atoms with Gasteiger partial charge in [0.05, 0.1) is 0 Å². The molecule has 0 aliphatic rings. The molecule has 0 spiro atoms. The molecule has 2 aromatic rings. The SMILES string of the molecule is O=C(O)C=Cc1ccc2[nH]ccc2c1. The molecule has 70 valence electrons. The number of hydrogen-bond acceptors (Lipinski definition) is 1. The molecule has 0 aliphatic carbocycles. The van der Waals surface area contributed by atoms with E-state index in [2.05, 4.69) is 4.98 Å². The van der Waals surface area contributed by atoms with Gasteiger partial charge in [0, 0.05) is 17.8 Å². The van der Waals surface area contributed by atoms with Crippen LogP contribution in [0.4, 0.5) is 0 Å². The van der Waals surface area contributed by atoms with Crippen molar-refractivity contribution < 1.29 is 9.90 Å². The van der Waals surface area contributed by atoms with Crippen LogP contribution in [0.25, 0.3) is 17.0 Å². The smallest absolute Gasteiger partial charge is 0.328 e. The molecule has 3 heteroatoms. The van der Waals surface area contributed by atoms with Crippen molar-refractivity contribution in [3.05, 3.63) is 42.1 Å². The number of fused-ring (bicyclic) bond motifs is 1. The molecule has 2 rings (SSSR count). The van der Waals surface area contributed by atoms with E-state index in [1.165, 1.54) is 0 Å². The van der Waals surface area contributed by atoms with Crippen LogP contribution in [0.3, 0.4) is 0 Å². The van der Waals surface area contributed by atoms with Gasteiger partial charge in [-0.2, -0.15) is 0 Å². The third kappa shape index (κ3) is 1.66. The van der Waals surface area contributed by atoms with Crippen molar-refractivity contribution >= 4 is 22.9 Å². The second-order valence-electron chi connectivity index (χ2n) is 3.00. The Morgan fingerprint density at radius 1 is 1.36 bits per heavy atom. The number of aromatic nitrogens is 1. The van der Waals surface area contributed by atoms with Gasteiger partial charge in [-0.05, 0) is 35.2 Å². The highest BCUT2D eigenvalue weighted by atomic mass is 16.4. The summed E-state index contributed by atoms with van der Waals surface area (Å²) < 4.78 is 0. The van der Waals surface area contributed by atoms with Crippen LogP contribution in [0.5, 0.6) is 0 Å². The summed E-state index contributed by atoms with van der Waals surface area (Å²) in [4.78, 5) is 13.4. The highest BCUT2D eigenvalue weighted by Crippen LogP contribution is 2.14. The van der Waals surface area contributed by atoms with Crippen LogP contribution in [0.15, 0.2) is 36.5 Å². The average molecular weight is 187 g/mol. The fourth-order valence-corrected chi connectivity index (χ4v) is 1.34. The van der Waals surface area contributed by atoms with Crippen molar-refractivity contribution in [1.29, 1.82) is 0 Å². The Morgan fingerprint density at radius 3 is 3.00 bits per heavy atom. The van der Waals surface area contributed by atoms with Gasteiger partial charge in [0.2, 0.25) is 0 Å². The molecule has 1 aromatic heterocycles. The van der Waals surface area contributed by atoms with E-state index in [-0.39, 0.29) is 0 Å². The summed E-state index contributed by atoms with van der Waals surface area (Å²) in [6.07, 6.45) is 4.57. The van der Waals surface area contributed by atoms with Crippen molar-refractivity contribution in [2.45, 2.75) is 0 Å². The van der Waals surface area contributed by atoms with Crippen molar-refractivity contribution in [3.8, 4) is 0 Å². The molecular weight excluding hydrogens is 178 g/mol. The van der Waals surface area contributed by atoms with Crippen LogP contribution in [0.1, 0.15) is 5.56 Å². The topological polar surface area (TPSA) is 53.1 Å². The zero-order valence-corrected chi connectivity index (χ0v) is 7.40. The molecule has 1 heterocycles. The maximum atomic E-state index is 10.3. The number of rotatable bonds is 2. The van der Waals surface area contributed by atoms with E-state index in [0.29, 0.717) is 0 Å². The number of nitrogens with one attached hydrogen (secondary N) is 1. The molecular formula is C11H9NO2. The molecule has 3 nitrogen and oxygen atoms in total. The normalized spacial score (nSPS) is 11.1. The van der Waals surface area contributed by atoms with Crippen molar-refractivity contribution in [1.82, 2.24) is 4.98 Å². The van der Waals surface area contributed by atoms with Gasteiger partial charge in [0.25, 0.3) is 0 Å². The summed E-state index contributed by atoms with van der Waals surface area (Å²) in [5.41, 5.74) is 1.94. The molecule has 0 bridgehead atoms. The maximum absolute atomic E-state index is 10.3. The van der Waals surface area contributed by atoms with Crippen LogP contribution in [-0.2, 0) is 4.79 Å². The van der Waals surface area contributed by atoms with E-state index in [1.807, 2.05) is 30.5 Å². The Balaban J connectivity index is 2.39. The maximum Gasteiger partial charge on any atom is 0.328 e. The summed E-state index contributed by atoms with van der Waals surface area (Å²) in [6, 6.07) is 7.69. The highest BCUT2D eigenvalue weighted by molar-refractivity contribution is 5.87. The number of carbonyl (C=O) groups is 1. The van der Waals surface area contributed by atoms with E-state index in [4.69, 9.17) is 5.11 Å². The van der Waals surface area contributed by atoms with E-state index in [0.717, 1.165) is 22.5 Å². The lowest BCUT2D eigenvalue weighted by molar-refractivity contribution is -0.131. The van der Waals surface area contributed by atoms with E-state index >= 15 is 0 Å². The number of aliphatic carboxylic acids is 1. The summed E-state index contributed by atoms with van der Waals surface area (Å²) in [7, 11) is 0. The lowest BCUT2D eigenvalue weighted by Gasteiger charge is -1.93. The fraction of sp³-hybridized carbons (Fsp3) is 0. The van der Waals surface area contributed by atoms with Gasteiger partial charge in [-0.1, -0.05) is 6.07 Å². The molecule has 0 fully saturated rings. The van der Waals surface area contributed by atoms with Crippen molar-refractivity contribution in [2.75, 3.05) is 0 Å². The third-order valence-electron chi connectivity index (χ3n) is 2.00. The van der Waals surface area contributed by atoms with Gasteiger partial charge in [0.1, 0.15) is 0 Å². The Labute approximate surface area is 80.7 Å². The molecule has 2 N–H and O–H groups in total. The quantitative estimate of drug-likeness (QED) is 0.708. The molecule has 0 saturated heterocycles. The highest BCUT2D eigenvalue weighted by Gasteiger charge is 1.94. The molecule has 0 saturated carbocycles. The standard InChI is InChI=1S/C11H9NO2/c13-11(14)4-2-8-1-3-10-9(7-8)5-6-12-10/h1-7,12H,(H,13,14). The summed E-state index contributed by atoms with van der Waals surface area (Å²) in [6.45, 7) is 0. The Kier molecular flexibility index (Phi) is 2.07. The number of aromatic amines is 1. The predicted octanol–water partition coefficient (Wildman–Crippen LogP) is 2.27. The molecule has 0 atom stereocenters. The second kappa shape index (κ2) is 3.38. The van der Waals surface area contributed by atoms with Crippen molar-refractivity contribution in [2.24, 2.45) is 0 Å². The molecule has 0 aliphatic heterocycles. The Hall–Kier alpha value is -2.03. The minimum atomic E-state index is -0.931. The van der Waals surface area contributed by atoms with Crippen LogP contribution in [-0.4, -0.2) is 16.1 Å². The second-order valence-corrected chi connectivity index (χ2v) is 3.00. The first-order valence-corrected chi connectivity index (χ1v) is 4.24. The van der Waals surface area contributed by atoms with Gasteiger partial charge < -0.3 is 10.1 Å². The first-order valence-electron chi connectivity index (χ1n) is 4.24. The summed E-state index contributed by atoms with van der Waals surface area (Å²) in [5.74, 6) is -0.931. The average Bonchev–Trinajstić information content (AvgIpc) is 2.61. The number of benzene rings is 1. The first-order chi connectivity index (χ1) is 6.75. The Bertz CT molecular complexity index is 497. The van der Waals surface area contributed by atoms with Gasteiger partial charge in [0.15, 0.2) is 0 Å².